The van der Waals surface area contributed by atoms with E-state index >= 15 is 0 Å². The molecule has 1 amide bonds. The fourth-order valence-electron chi connectivity index (χ4n) is 4.14. The molecular weight excluding hydrogens is 532 g/mol. The molecule has 1 aliphatic heterocycles. The Bertz CT molecular complexity index is 1480. The predicted octanol–water partition coefficient (Wildman–Crippen LogP) is 4.26. The standard InChI is InChI=1S/C28H29ClN8O3/c1-2-26(38)36-24-14-21-23(15-25(24)40-12-9-37-7-10-39-11-8-37)33-18-34-27(21)35-20-13-22(29)28(32-17-20)31-16-19-5-3-4-6-30-19/h2-6,13-15,17-18H,1,7-12,16H2,(H,31,32)(H,36,38)(H,33,34,35). The Morgan fingerprint density at radius 3 is 2.77 bits per heavy atom. The zero-order chi connectivity index (χ0) is 27.7. The highest BCUT2D eigenvalue weighted by atomic mass is 35.5. The molecule has 0 aliphatic carbocycles. The predicted molar refractivity (Wildman–Crippen MR) is 155 cm³/mol. The fourth-order valence-corrected chi connectivity index (χ4v) is 4.38. The Labute approximate surface area is 236 Å². The number of amides is 1. The first-order valence-electron chi connectivity index (χ1n) is 12.8. The van der Waals surface area contributed by atoms with Crippen molar-refractivity contribution in [3.05, 3.63) is 78.5 Å². The van der Waals surface area contributed by atoms with E-state index in [-0.39, 0.29) is 5.91 Å². The van der Waals surface area contributed by atoms with Crippen LogP contribution in [0.2, 0.25) is 5.02 Å². The van der Waals surface area contributed by atoms with E-state index in [1.54, 1.807) is 30.6 Å². The second-order valence-electron chi connectivity index (χ2n) is 8.94. The number of benzene rings is 1. The molecule has 3 aromatic heterocycles. The van der Waals surface area contributed by atoms with Crippen LogP contribution in [0.15, 0.2) is 67.8 Å². The van der Waals surface area contributed by atoms with Gasteiger partial charge < -0.3 is 25.4 Å². The molecule has 1 aromatic carbocycles. The van der Waals surface area contributed by atoms with Crippen LogP contribution in [0.3, 0.4) is 0 Å². The van der Waals surface area contributed by atoms with Crippen LogP contribution in [-0.4, -0.2) is 70.2 Å². The Kier molecular flexibility index (Phi) is 8.96. The maximum atomic E-state index is 12.2. The van der Waals surface area contributed by atoms with E-state index in [1.165, 1.54) is 12.4 Å². The van der Waals surface area contributed by atoms with E-state index in [0.717, 1.165) is 25.3 Å². The van der Waals surface area contributed by atoms with E-state index in [2.05, 4.69) is 47.4 Å². The topological polar surface area (TPSA) is 126 Å². The van der Waals surface area contributed by atoms with Crippen LogP contribution < -0.4 is 20.7 Å². The summed E-state index contributed by atoms with van der Waals surface area (Å²) in [7, 11) is 0. The van der Waals surface area contributed by atoms with Crippen LogP contribution in [0.1, 0.15) is 5.69 Å². The molecule has 0 atom stereocenters. The van der Waals surface area contributed by atoms with Gasteiger partial charge in [-0.1, -0.05) is 24.2 Å². The molecule has 1 aliphatic rings. The average molecular weight is 561 g/mol. The molecular formula is C28H29ClN8O3. The number of nitrogens with zero attached hydrogens (tertiary/aromatic N) is 5. The van der Waals surface area contributed by atoms with Crippen molar-refractivity contribution in [1.82, 2.24) is 24.8 Å². The van der Waals surface area contributed by atoms with Crippen molar-refractivity contribution in [3.63, 3.8) is 0 Å². The highest BCUT2D eigenvalue weighted by molar-refractivity contribution is 6.33. The van der Waals surface area contributed by atoms with E-state index in [9.17, 15) is 4.79 Å². The molecule has 0 radical (unpaired) electrons. The number of carbonyl (C=O) groups is 1. The fraction of sp³-hybridized carbons (Fsp3) is 0.250. The lowest BCUT2D eigenvalue weighted by atomic mass is 10.2. The minimum Gasteiger partial charge on any atom is -0.490 e. The van der Waals surface area contributed by atoms with Gasteiger partial charge in [-0.15, -0.1) is 0 Å². The van der Waals surface area contributed by atoms with E-state index in [4.69, 9.17) is 21.1 Å². The van der Waals surface area contributed by atoms with Gasteiger partial charge in [0.1, 0.15) is 30.3 Å². The summed E-state index contributed by atoms with van der Waals surface area (Å²) in [6.07, 6.45) is 6.06. The number of fused-ring (bicyclic) bond motifs is 1. The van der Waals surface area contributed by atoms with Gasteiger partial charge in [0.05, 0.1) is 53.6 Å². The monoisotopic (exact) mass is 560 g/mol. The van der Waals surface area contributed by atoms with Crippen molar-refractivity contribution >= 4 is 51.4 Å². The number of pyridine rings is 2. The summed E-state index contributed by atoms with van der Waals surface area (Å²) in [6.45, 7) is 8.40. The lowest BCUT2D eigenvalue weighted by molar-refractivity contribution is -0.111. The summed E-state index contributed by atoms with van der Waals surface area (Å²) in [4.78, 5) is 32.0. The average Bonchev–Trinajstić information content (AvgIpc) is 2.98. The minimum atomic E-state index is -0.353. The summed E-state index contributed by atoms with van der Waals surface area (Å²) < 4.78 is 11.5. The number of hydrogen-bond donors (Lipinski definition) is 3. The van der Waals surface area contributed by atoms with Gasteiger partial charge in [-0.05, 0) is 30.3 Å². The maximum Gasteiger partial charge on any atom is 0.247 e. The van der Waals surface area contributed by atoms with Crippen LogP contribution in [0.5, 0.6) is 5.75 Å². The molecule has 0 unspecified atom stereocenters. The van der Waals surface area contributed by atoms with E-state index in [1.807, 2.05) is 18.2 Å². The molecule has 206 valence electrons. The lowest BCUT2D eigenvalue weighted by Gasteiger charge is -2.26. The van der Waals surface area contributed by atoms with Crippen molar-refractivity contribution in [3.8, 4) is 5.75 Å². The first kappa shape index (κ1) is 27.3. The zero-order valence-electron chi connectivity index (χ0n) is 21.8. The molecule has 11 nitrogen and oxygen atoms in total. The third-order valence-electron chi connectivity index (χ3n) is 6.22. The van der Waals surface area contributed by atoms with Crippen molar-refractivity contribution in [2.75, 3.05) is 55.4 Å². The number of nitrogens with one attached hydrogen (secondary N) is 3. The molecule has 40 heavy (non-hydrogen) atoms. The third kappa shape index (κ3) is 7.00. The van der Waals surface area contributed by atoms with Crippen molar-refractivity contribution in [1.29, 1.82) is 0 Å². The second kappa shape index (κ2) is 13.2. The highest BCUT2D eigenvalue weighted by Gasteiger charge is 2.15. The Hall–Kier alpha value is -4.32. The Morgan fingerprint density at radius 1 is 1.12 bits per heavy atom. The van der Waals surface area contributed by atoms with E-state index < -0.39 is 0 Å². The number of anilines is 4. The molecule has 1 fully saturated rings. The summed E-state index contributed by atoms with van der Waals surface area (Å²) in [5, 5.41) is 10.4. The van der Waals surface area contributed by atoms with Gasteiger partial charge in [0, 0.05) is 37.3 Å². The van der Waals surface area contributed by atoms with E-state index in [0.29, 0.717) is 71.1 Å². The van der Waals surface area contributed by atoms with Gasteiger partial charge in [0.15, 0.2) is 0 Å². The largest absolute Gasteiger partial charge is 0.490 e. The highest BCUT2D eigenvalue weighted by Crippen LogP contribution is 2.34. The molecule has 4 heterocycles. The quantitative estimate of drug-likeness (QED) is 0.229. The Balaban J connectivity index is 1.34. The molecule has 0 saturated carbocycles. The van der Waals surface area contributed by atoms with Crippen LogP contribution >= 0.6 is 11.6 Å². The van der Waals surface area contributed by atoms with Gasteiger partial charge in [-0.3, -0.25) is 14.7 Å². The molecule has 4 aromatic rings. The first-order valence-corrected chi connectivity index (χ1v) is 13.2. The van der Waals surface area contributed by atoms with Crippen molar-refractivity contribution in [2.24, 2.45) is 0 Å². The SMILES string of the molecule is C=CC(=O)Nc1cc2c(Nc3cnc(NCc4ccccn4)c(Cl)c3)ncnc2cc1OCCN1CCOCC1. The van der Waals surface area contributed by atoms with Gasteiger partial charge >= 0.3 is 0 Å². The second-order valence-corrected chi connectivity index (χ2v) is 9.34. The smallest absolute Gasteiger partial charge is 0.247 e. The number of carbonyl (C=O) groups excluding carboxylic acids is 1. The van der Waals surface area contributed by atoms with Crippen LogP contribution in [-0.2, 0) is 16.1 Å². The number of morpholine rings is 1. The number of halogens is 1. The van der Waals surface area contributed by atoms with Gasteiger partial charge in [0.2, 0.25) is 5.91 Å². The van der Waals surface area contributed by atoms with Crippen LogP contribution in [0, 0.1) is 0 Å². The van der Waals surface area contributed by atoms with Gasteiger partial charge in [-0.25, -0.2) is 15.0 Å². The van der Waals surface area contributed by atoms with Crippen LogP contribution in [0.4, 0.5) is 23.0 Å². The van der Waals surface area contributed by atoms with Gasteiger partial charge in [0.25, 0.3) is 0 Å². The summed E-state index contributed by atoms with van der Waals surface area (Å²) >= 11 is 6.50. The maximum absolute atomic E-state index is 12.2. The van der Waals surface area contributed by atoms with Crippen LogP contribution in [0.25, 0.3) is 10.9 Å². The molecule has 5 rings (SSSR count). The summed E-state index contributed by atoms with van der Waals surface area (Å²) in [5.41, 5.74) is 2.64. The minimum absolute atomic E-state index is 0.353. The molecule has 1 saturated heterocycles. The number of hydrogen-bond acceptors (Lipinski definition) is 10. The van der Waals surface area contributed by atoms with Gasteiger partial charge in [-0.2, -0.15) is 0 Å². The number of rotatable bonds is 11. The molecule has 3 N–H and O–H groups in total. The summed E-state index contributed by atoms with van der Waals surface area (Å²) in [6, 6.07) is 11.0. The van der Waals surface area contributed by atoms with Crippen molar-refractivity contribution < 1.29 is 14.3 Å². The van der Waals surface area contributed by atoms with Crippen molar-refractivity contribution in [2.45, 2.75) is 6.54 Å². The molecule has 12 heteroatoms. The summed E-state index contributed by atoms with van der Waals surface area (Å²) in [5.74, 6) is 1.21. The lowest BCUT2D eigenvalue weighted by Crippen LogP contribution is -2.38. The first-order chi connectivity index (χ1) is 19.6. The number of ether oxygens (including phenoxy) is 2. The normalized spacial score (nSPS) is 13.5. The Morgan fingerprint density at radius 2 is 2.00 bits per heavy atom. The zero-order valence-corrected chi connectivity index (χ0v) is 22.5. The number of aromatic nitrogens is 4. The molecule has 0 bridgehead atoms. The third-order valence-corrected chi connectivity index (χ3v) is 6.50. The molecule has 0 spiro atoms.